The summed E-state index contributed by atoms with van der Waals surface area (Å²) >= 11 is 6.01. The van der Waals surface area contributed by atoms with E-state index in [1.165, 1.54) is 24.3 Å². The van der Waals surface area contributed by atoms with E-state index in [1.54, 1.807) is 6.07 Å². The molecule has 0 unspecified atom stereocenters. The first-order valence-electron chi connectivity index (χ1n) is 8.47. The number of aromatic nitrogens is 2. The molecule has 0 aliphatic heterocycles. The fourth-order valence-electron chi connectivity index (χ4n) is 2.51. The summed E-state index contributed by atoms with van der Waals surface area (Å²) in [6.45, 7) is -0.788. The second kappa shape index (κ2) is 8.50. The van der Waals surface area contributed by atoms with Crippen molar-refractivity contribution in [1.29, 1.82) is 0 Å². The van der Waals surface area contributed by atoms with E-state index < -0.39 is 42.0 Å². The number of alkyl halides is 6. The first kappa shape index (κ1) is 22.5. The van der Waals surface area contributed by atoms with E-state index in [2.05, 4.69) is 10.4 Å². The Morgan fingerprint density at radius 2 is 1.71 bits per heavy atom. The fourth-order valence-corrected chi connectivity index (χ4v) is 2.73. The molecule has 0 saturated heterocycles. The second-order valence-electron chi connectivity index (χ2n) is 6.14. The van der Waals surface area contributed by atoms with Crippen molar-refractivity contribution in [3.63, 3.8) is 0 Å². The topological polar surface area (TPSA) is 56.1 Å². The minimum absolute atomic E-state index is 0.0768. The maximum atomic E-state index is 13.1. The highest BCUT2D eigenvalue weighted by Crippen LogP contribution is 2.34. The molecule has 0 atom stereocenters. The SMILES string of the molecule is O=C(COc1cc(C(F)(F)F)nn1-c1ccccc1Cl)Nc1cccc(C(F)(F)F)c1. The zero-order valence-electron chi connectivity index (χ0n) is 15.3. The Balaban J connectivity index is 1.79. The average molecular weight is 464 g/mol. The Labute approximate surface area is 176 Å². The first-order valence-corrected chi connectivity index (χ1v) is 8.85. The molecule has 5 nitrogen and oxygen atoms in total. The number of para-hydroxylation sites is 1. The average Bonchev–Trinajstić information content (AvgIpc) is 3.11. The van der Waals surface area contributed by atoms with Gasteiger partial charge in [0.25, 0.3) is 5.91 Å². The summed E-state index contributed by atoms with van der Waals surface area (Å²) < 4.78 is 83.5. The van der Waals surface area contributed by atoms with Crippen LogP contribution in [0.3, 0.4) is 0 Å². The molecule has 1 N–H and O–H groups in total. The first-order chi connectivity index (χ1) is 14.4. The molecule has 3 aromatic rings. The largest absolute Gasteiger partial charge is 0.467 e. The van der Waals surface area contributed by atoms with Crippen LogP contribution in [0.2, 0.25) is 5.02 Å². The number of hydrogen-bond acceptors (Lipinski definition) is 3. The molecule has 164 valence electrons. The molecule has 1 heterocycles. The summed E-state index contributed by atoms with van der Waals surface area (Å²) in [5.41, 5.74) is -2.33. The number of carbonyl (C=O) groups excluding carboxylic acids is 1. The lowest BCUT2D eigenvalue weighted by Gasteiger charge is -2.12. The minimum Gasteiger partial charge on any atom is -0.467 e. The summed E-state index contributed by atoms with van der Waals surface area (Å²) in [7, 11) is 0. The standard InChI is InChI=1S/C19H12ClF6N3O2/c20-13-6-1-2-7-14(13)29-17(9-15(28-29)19(24,25)26)31-10-16(30)27-12-5-3-4-11(8-12)18(21,22)23/h1-9H,10H2,(H,27,30). The molecule has 12 heteroatoms. The highest BCUT2D eigenvalue weighted by Gasteiger charge is 2.36. The lowest BCUT2D eigenvalue weighted by Crippen LogP contribution is -2.21. The Hall–Kier alpha value is -3.21. The molecule has 0 spiro atoms. The van der Waals surface area contributed by atoms with Gasteiger partial charge in [-0.3, -0.25) is 4.79 Å². The van der Waals surface area contributed by atoms with Crippen molar-refractivity contribution in [2.75, 3.05) is 11.9 Å². The van der Waals surface area contributed by atoms with Gasteiger partial charge in [-0.25, -0.2) is 0 Å². The summed E-state index contributed by atoms with van der Waals surface area (Å²) in [5, 5.41) is 5.71. The molecule has 2 aromatic carbocycles. The van der Waals surface area contributed by atoms with Gasteiger partial charge in [0, 0.05) is 11.8 Å². The van der Waals surface area contributed by atoms with Crippen LogP contribution >= 0.6 is 11.6 Å². The molecule has 1 amide bonds. The zero-order valence-corrected chi connectivity index (χ0v) is 16.0. The molecule has 0 saturated carbocycles. The van der Waals surface area contributed by atoms with Crippen LogP contribution in [0, 0.1) is 0 Å². The van der Waals surface area contributed by atoms with Crippen molar-refractivity contribution in [3.05, 3.63) is 70.9 Å². The second-order valence-corrected chi connectivity index (χ2v) is 6.55. The van der Waals surface area contributed by atoms with Crippen molar-refractivity contribution in [1.82, 2.24) is 9.78 Å². The van der Waals surface area contributed by atoms with E-state index in [4.69, 9.17) is 16.3 Å². The van der Waals surface area contributed by atoms with Crippen molar-refractivity contribution in [2.24, 2.45) is 0 Å². The van der Waals surface area contributed by atoms with Crippen LogP contribution in [0.4, 0.5) is 32.0 Å². The van der Waals surface area contributed by atoms with Crippen LogP contribution in [-0.4, -0.2) is 22.3 Å². The molecule has 1 aromatic heterocycles. The summed E-state index contributed by atoms with van der Waals surface area (Å²) in [6, 6.07) is 10.3. The van der Waals surface area contributed by atoms with Crippen LogP contribution in [0.25, 0.3) is 5.69 Å². The van der Waals surface area contributed by atoms with Crippen LogP contribution in [0.5, 0.6) is 5.88 Å². The van der Waals surface area contributed by atoms with E-state index in [0.29, 0.717) is 12.1 Å². The van der Waals surface area contributed by atoms with Crippen LogP contribution in [0.1, 0.15) is 11.3 Å². The Morgan fingerprint density at radius 3 is 2.35 bits per heavy atom. The van der Waals surface area contributed by atoms with Crippen molar-refractivity contribution in [3.8, 4) is 11.6 Å². The Kier molecular flexibility index (Phi) is 6.16. The Morgan fingerprint density at radius 1 is 1.00 bits per heavy atom. The molecule has 0 aliphatic rings. The quantitative estimate of drug-likeness (QED) is 0.503. The van der Waals surface area contributed by atoms with Gasteiger partial charge in [-0.1, -0.05) is 29.8 Å². The summed E-state index contributed by atoms with van der Waals surface area (Å²) in [6.07, 6.45) is -9.39. The van der Waals surface area contributed by atoms with Gasteiger partial charge in [-0.2, -0.15) is 36.1 Å². The number of carbonyl (C=O) groups is 1. The fraction of sp³-hybridized carbons (Fsp3) is 0.158. The third-order valence-electron chi connectivity index (χ3n) is 3.87. The van der Waals surface area contributed by atoms with Gasteiger partial charge in [-0.05, 0) is 30.3 Å². The number of amides is 1. The number of rotatable bonds is 5. The monoisotopic (exact) mass is 463 g/mol. The minimum atomic E-state index is -4.79. The van der Waals surface area contributed by atoms with Crippen LogP contribution in [0.15, 0.2) is 54.6 Å². The maximum Gasteiger partial charge on any atom is 0.435 e. The maximum absolute atomic E-state index is 13.1. The smallest absolute Gasteiger partial charge is 0.435 e. The summed E-state index contributed by atoms with van der Waals surface area (Å²) in [4.78, 5) is 12.1. The number of ether oxygens (including phenoxy) is 1. The van der Waals surface area contributed by atoms with Gasteiger partial charge in [-0.15, -0.1) is 0 Å². The molecule has 0 radical (unpaired) electrons. The van der Waals surface area contributed by atoms with Crippen molar-refractivity contribution >= 4 is 23.2 Å². The molecule has 3 rings (SSSR count). The van der Waals surface area contributed by atoms with Crippen molar-refractivity contribution < 1.29 is 35.9 Å². The zero-order chi connectivity index (χ0) is 22.8. The van der Waals surface area contributed by atoms with Gasteiger partial charge in [0.05, 0.1) is 16.3 Å². The van der Waals surface area contributed by atoms with E-state index in [0.717, 1.165) is 16.8 Å². The van der Waals surface area contributed by atoms with E-state index in [1.807, 2.05) is 0 Å². The molecular weight excluding hydrogens is 452 g/mol. The number of anilines is 1. The van der Waals surface area contributed by atoms with Gasteiger partial charge >= 0.3 is 12.4 Å². The highest BCUT2D eigenvalue weighted by molar-refractivity contribution is 6.32. The third kappa shape index (κ3) is 5.48. The van der Waals surface area contributed by atoms with Gasteiger partial charge < -0.3 is 10.1 Å². The lowest BCUT2D eigenvalue weighted by molar-refractivity contribution is -0.141. The molecule has 0 aliphatic carbocycles. The number of benzene rings is 2. The number of halogens is 7. The third-order valence-corrected chi connectivity index (χ3v) is 4.19. The molecule has 31 heavy (non-hydrogen) atoms. The normalized spacial score (nSPS) is 12.0. The van der Waals surface area contributed by atoms with Gasteiger partial charge in [0.1, 0.15) is 0 Å². The van der Waals surface area contributed by atoms with E-state index in [9.17, 15) is 31.1 Å². The van der Waals surface area contributed by atoms with Crippen molar-refractivity contribution in [2.45, 2.75) is 12.4 Å². The van der Waals surface area contributed by atoms with Gasteiger partial charge in [0.15, 0.2) is 12.3 Å². The predicted molar refractivity (Wildman–Crippen MR) is 99.1 cm³/mol. The van der Waals surface area contributed by atoms with Gasteiger partial charge in [0.2, 0.25) is 5.88 Å². The molecule has 0 fully saturated rings. The molecule has 0 bridgehead atoms. The Bertz CT molecular complexity index is 1090. The lowest BCUT2D eigenvalue weighted by atomic mass is 10.2. The number of nitrogens with one attached hydrogen (secondary N) is 1. The number of nitrogens with zero attached hydrogens (tertiary/aromatic N) is 2. The predicted octanol–water partition coefficient (Wildman–Crippen LogP) is 5.58. The highest BCUT2D eigenvalue weighted by atomic mass is 35.5. The molecular formula is C19H12ClF6N3O2. The van der Waals surface area contributed by atoms with E-state index in [-0.39, 0.29) is 16.4 Å². The van der Waals surface area contributed by atoms with Crippen LogP contribution in [-0.2, 0) is 17.1 Å². The van der Waals surface area contributed by atoms with E-state index >= 15 is 0 Å². The van der Waals surface area contributed by atoms with Crippen LogP contribution < -0.4 is 10.1 Å². The number of hydrogen-bond donors (Lipinski definition) is 1. The summed E-state index contributed by atoms with van der Waals surface area (Å²) in [5.74, 6) is -1.32.